The fraction of sp³-hybridized carbons (Fsp3) is 0.250. The Hall–Kier alpha value is -2.96. The molecule has 2 aromatic heterocycles. The highest BCUT2D eigenvalue weighted by Gasteiger charge is 2.22. The zero-order chi connectivity index (χ0) is 15.6. The van der Waals surface area contributed by atoms with Crippen LogP contribution in [0.2, 0.25) is 0 Å². The van der Waals surface area contributed by atoms with Crippen LogP contribution in [0, 0.1) is 0 Å². The molecule has 0 fully saturated rings. The van der Waals surface area contributed by atoms with Crippen molar-refractivity contribution >= 4 is 5.91 Å². The van der Waals surface area contributed by atoms with Gasteiger partial charge < -0.3 is 9.88 Å². The molecule has 23 heavy (non-hydrogen) atoms. The summed E-state index contributed by atoms with van der Waals surface area (Å²) < 4.78 is 3.68. The van der Waals surface area contributed by atoms with Gasteiger partial charge in [-0.1, -0.05) is 23.4 Å². The monoisotopic (exact) mass is 308 g/mol. The highest BCUT2D eigenvalue weighted by atomic mass is 16.2. The highest BCUT2D eigenvalue weighted by molar-refractivity contribution is 5.92. The number of carbonyl (C=O) groups is 1. The van der Waals surface area contributed by atoms with Gasteiger partial charge in [-0.25, -0.2) is 9.67 Å². The molecular weight excluding hydrogens is 292 g/mol. The van der Waals surface area contributed by atoms with E-state index in [-0.39, 0.29) is 11.9 Å². The first-order valence-electron chi connectivity index (χ1n) is 7.58. The second kappa shape index (κ2) is 5.68. The Balaban J connectivity index is 1.45. The number of aromatic nitrogens is 5. The molecule has 116 valence electrons. The minimum absolute atomic E-state index is 0.0890. The molecular formula is C16H16N6O. The summed E-state index contributed by atoms with van der Waals surface area (Å²) in [5, 5.41) is 11.0. The Morgan fingerprint density at radius 3 is 3.00 bits per heavy atom. The Morgan fingerprint density at radius 2 is 2.13 bits per heavy atom. The average molecular weight is 308 g/mol. The molecule has 3 aromatic rings. The molecule has 0 radical (unpaired) electrons. The maximum Gasteiger partial charge on any atom is 0.273 e. The summed E-state index contributed by atoms with van der Waals surface area (Å²) >= 11 is 0. The number of para-hydroxylation sites is 1. The third kappa shape index (κ3) is 2.73. The van der Waals surface area contributed by atoms with Gasteiger partial charge in [0.1, 0.15) is 5.82 Å². The minimum atomic E-state index is -0.194. The van der Waals surface area contributed by atoms with Crippen LogP contribution in [0.4, 0.5) is 0 Å². The molecule has 0 bridgehead atoms. The number of amides is 1. The Bertz CT molecular complexity index is 822. The van der Waals surface area contributed by atoms with Crippen molar-refractivity contribution in [1.82, 2.24) is 29.9 Å². The second-order valence-electron chi connectivity index (χ2n) is 5.59. The van der Waals surface area contributed by atoms with Gasteiger partial charge in [0.15, 0.2) is 5.69 Å². The molecule has 3 heterocycles. The van der Waals surface area contributed by atoms with Crippen LogP contribution in [0.1, 0.15) is 22.7 Å². The molecule has 1 aliphatic heterocycles. The van der Waals surface area contributed by atoms with Gasteiger partial charge >= 0.3 is 0 Å². The van der Waals surface area contributed by atoms with Gasteiger partial charge in [0.2, 0.25) is 0 Å². The van der Waals surface area contributed by atoms with Crippen molar-refractivity contribution in [3.05, 3.63) is 60.4 Å². The summed E-state index contributed by atoms with van der Waals surface area (Å²) in [5.41, 5.74) is 1.20. The number of rotatable bonds is 3. The van der Waals surface area contributed by atoms with Crippen LogP contribution in [0.15, 0.2) is 48.9 Å². The van der Waals surface area contributed by atoms with Gasteiger partial charge in [0.25, 0.3) is 5.91 Å². The van der Waals surface area contributed by atoms with Crippen molar-refractivity contribution in [1.29, 1.82) is 0 Å². The van der Waals surface area contributed by atoms with Crippen LogP contribution in [0.25, 0.3) is 5.69 Å². The number of hydrogen-bond acceptors (Lipinski definition) is 4. The normalized spacial score (nSPS) is 16.8. The van der Waals surface area contributed by atoms with E-state index in [0.29, 0.717) is 5.69 Å². The minimum Gasteiger partial charge on any atom is -0.346 e. The first kappa shape index (κ1) is 13.7. The fourth-order valence-corrected chi connectivity index (χ4v) is 2.82. The smallest absolute Gasteiger partial charge is 0.273 e. The number of imidazole rings is 1. The van der Waals surface area contributed by atoms with E-state index >= 15 is 0 Å². The maximum absolute atomic E-state index is 12.4. The standard InChI is InChI=1S/C16H16N6O/c23-16(18-12-6-7-15-17-8-9-21(15)10-12)14-11-22(20-19-14)13-4-2-1-3-5-13/h1-5,8-9,11-12H,6-7,10H2,(H,18,23)/t12-/m1/s1. The van der Waals surface area contributed by atoms with Gasteiger partial charge in [-0.05, 0) is 18.6 Å². The molecule has 0 spiro atoms. The lowest BCUT2D eigenvalue weighted by molar-refractivity contribution is 0.0922. The largest absolute Gasteiger partial charge is 0.346 e. The van der Waals surface area contributed by atoms with Gasteiger partial charge in [0, 0.05) is 31.4 Å². The number of hydrogen-bond donors (Lipinski definition) is 1. The van der Waals surface area contributed by atoms with E-state index in [4.69, 9.17) is 0 Å². The van der Waals surface area contributed by atoms with E-state index in [2.05, 4.69) is 25.2 Å². The highest BCUT2D eigenvalue weighted by Crippen LogP contribution is 2.13. The first-order valence-corrected chi connectivity index (χ1v) is 7.58. The number of carbonyl (C=O) groups excluding carboxylic acids is 1. The van der Waals surface area contributed by atoms with E-state index in [1.54, 1.807) is 17.1 Å². The molecule has 4 rings (SSSR count). The van der Waals surface area contributed by atoms with Crippen molar-refractivity contribution in [2.75, 3.05) is 0 Å². The average Bonchev–Trinajstić information content (AvgIpc) is 3.24. The summed E-state index contributed by atoms with van der Waals surface area (Å²) in [6.45, 7) is 0.744. The van der Waals surface area contributed by atoms with Crippen molar-refractivity contribution in [2.45, 2.75) is 25.4 Å². The Morgan fingerprint density at radius 1 is 1.26 bits per heavy atom. The number of fused-ring (bicyclic) bond motifs is 1. The summed E-state index contributed by atoms with van der Waals surface area (Å²) in [4.78, 5) is 16.6. The zero-order valence-corrected chi connectivity index (χ0v) is 12.5. The lowest BCUT2D eigenvalue weighted by Gasteiger charge is -2.24. The lowest BCUT2D eigenvalue weighted by atomic mass is 10.1. The number of nitrogens with one attached hydrogen (secondary N) is 1. The van der Waals surface area contributed by atoms with Crippen LogP contribution >= 0.6 is 0 Å². The molecule has 1 aliphatic rings. The summed E-state index contributed by atoms with van der Waals surface area (Å²) in [7, 11) is 0. The van der Waals surface area contributed by atoms with Gasteiger partial charge in [-0.3, -0.25) is 4.79 Å². The van der Waals surface area contributed by atoms with Crippen molar-refractivity contribution in [3.63, 3.8) is 0 Å². The third-order valence-corrected chi connectivity index (χ3v) is 4.02. The van der Waals surface area contributed by atoms with Crippen molar-refractivity contribution < 1.29 is 4.79 Å². The third-order valence-electron chi connectivity index (χ3n) is 4.02. The predicted octanol–water partition coefficient (Wildman–Crippen LogP) is 1.21. The second-order valence-corrected chi connectivity index (χ2v) is 5.59. The van der Waals surface area contributed by atoms with Crippen LogP contribution < -0.4 is 5.32 Å². The molecule has 1 amide bonds. The van der Waals surface area contributed by atoms with Crippen molar-refractivity contribution in [2.24, 2.45) is 0 Å². The van der Waals surface area contributed by atoms with Gasteiger partial charge in [-0.15, -0.1) is 5.10 Å². The summed E-state index contributed by atoms with van der Waals surface area (Å²) in [6, 6.07) is 9.69. The van der Waals surface area contributed by atoms with E-state index in [1.165, 1.54) is 0 Å². The predicted molar refractivity (Wildman–Crippen MR) is 83.2 cm³/mol. The molecule has 0 unspecified atom stereocenters. The van der Waals surface area contributed by atoms with E-state index in [9.17, 15) is 4.79 Å². The molecule has 7 heteroatoms. The van der Waals surface area contributed by atoms with Crippen molar-refractivity contribution in [3.8, 4) is 5.69 Å². The number of aryl methyl sites for hydroxylation is 1. The van der Waals surface area contributed by atoms with Crippen LogP contribution in [-0.2, 0) is 13.0 Å². The van der Waals surface area contributed by atoms with E-state index in [1.807, 2.05) is 36.5 Å². The Labute approximate surface area is 133 Å². The molecule has 7 nitrogen and oxygen atoms in total. The van der Waals surface area contributed by atoms with Crippen LogP contribution in [0.3, 0.4) is 0 Å². The quantitative estimate of drug-likeness (QED) is 0.789. The fourth-order valence-electron chi connectivity index (χ4n) is 2.82. The van der Waals surface area contributed by atoms with Crippen LogP contribution in [-0.4, -0.2) is 36.5 Å². The first-order chi connectivity index (χ1) is 11.3. The lowest BCUT2D eigenvalue weighted by Crippen LogP contribution is -2.41. The summed E-state index contributed by atoms with van der Waals surface area (Å²) in [5.74, 6) is 0.881. The van der Waals surface area contributed by atoms with E-state index in [0.717, 1.165) is 30.9 Å². The number of nitrogens with zero attached hydrogens (tertiary/aromatic N) is 5. The molecule has 1 atom stereocenters. The van der Waals surface area contributed by atoms with Crippen LogP contribution in [0.5, 0.6) is 0 Å². The van der Waals surface area contributed by atoms with Gasteiger partial charge in [0.05, 0.1) is 11.9 Å². The molecule has 0 aliphatic carbocycles. The number of benzene rings is 1. The Kier molecular flexibility index (Phi) is 3.38. The molecule has 1 aromatic carbocycles. The molecule has 0 saturated heterocycles. The van der Waals surface area contributed by atoms with E-state index < -0.39 is 0 Å². The zero-order valence-electron chi connectivity index (χ0n) is 12.5. The molecule has 1 N–H and O–H groups in total. The maximum atomic E-state index is 12.4. The molecule has 0 saturated carbocycles. The van der Waals surface area contributed by atoms with Gasteiger partial charge in [-0.2, -0.15) is 0 Å². The summed E-state index contributed by atoms with van der Waals surface area (Å²) in [6.07, 6.45) is 7.14. The SMILES string of the molecule is O=C(N[C@@H]1CCc2nccn2C1)c1cn(-c2ccccc2)nn1. The topological polar surface area (TPSA) is 77.6 Å².